The summed E-state index contributed by atoms with van der Waals surface area (Å²) in [6, 6.07) is 11.3. The third-order valence-corrected chi connectivity index (χ3v) is 4.67. The van der Waals surface area contributed by atoms with Gasteiger partial charge in [0.2, 0.25) is 0 Å². The molecule has 0 atom stereocenters. The second-order valence-corrected chi connectivity index (χ2v) is 6.81. The van der Waals surface area contributed by atoms with Crippen LogP contribution in [0.25, 0.3) is 0 Å². The first-order valence-corrected chi connectivity index (χ1v) is 9.22. The fourth-order valence-electron chi connectivity index (χ4n) is 3.24. The van der Waals surface area contributed by atoms with Crippen LogP contribution in [0.2, 0.25) is 0 Å². The van der Waals surface area contributed by atoms with Gasteiger partial charge >= 0.3 is 0 Å². The first-order valence-electron chi connectivity index (χ1n) is 9.22. The normalized spacial score (nSPS) is 14.6. The first-order chi connectivity index (χ1) is 12.6. The Morgan fingerprint density at radius 2 is 1.85 bits per heavy atom. The van der Waals surface area contributed by atoms with E-state index in [2.05, 4.69) is 10.3 Å². The molecule has 26 heavy (non-hydrogen) atoms. The second kappa shape index (κ2) is 8.61. The Labute approximate surface area is 154 Å². The SMILES string of the molecule is Cc1cccc(CNC(=O)c2cc(C(=O)N3CCCCCC3)ccn2)c1. The highest BCUT2D eigenvalue weighted by Gasteiger charge is 2.19. The minimum Gasteiger partial charge on any atom is -0.347 e. The lowest BCUT2D eigenvalue weighted by Gasteiger charge is -2.20. The van der Waals surface area contributed by atoms with E-state index < -0.39 is 0 Å². The minimum atomic E-state index is -0.267. The van der Waals surface area contributed by atoms with E-state index in [1.807, 2.05) is 36.1 Å². The molecule has 0 saturated carbocycles. The zero-order chi connectivity index (χ0) is 18.4. The van der Waals surface area contributed by atoms with E-state index in [-0.39, 0.29) is 17.5 Å². The van der Waals surface area contributed by atoms with Crippen LogP contribution in [0.15, 0.2) is 42.6 Å². The van der Waals surface area contributed by atoms with Crippen molar-refractivity contribution in [3.8, 4) is 0 Å². The number of hydrogen-bond donors (Lipinski definition) is 1. The number of likely N-dealkylation sites (tertiary alicyclic amines) is 1. The predicted octanol–water partition coefficient (Wildman–Crippen LogP) is 3.34. The van der Waals surface area contributed by atoms with Crippen molar-refractivity contribution in [2.75, 3.05) is 13.1 Å². The van der Waals surface area contributed by atoms with Crippen LogP contribution in [0.1, 0.15) is 57.7 Å². The van der Waals surface area contributed by atoms with Gasteiger partial charge in [-0.1, -0.05) is 42.7 Å². The average molecular weight is 351 g/mol. The van der Waals surface area contributed by atoms with Crippen molar-refractivity contribution in [2.45, 2.75) is 39.2 Å². The number of benzene rings is 1. The van der Waals surface area contributed by atoms with Crippen LogP contribution >= 0.6 is 0 Å². The minimum absolute atomic E-state index is 0.0120. The summed E-state index contributed by atoms with van der Waals surface area (Å²) in [4.78, 5) is 31.1. The quantitative estimate of drug-likeness (QED) is 0.919. The maximum absolute atomic E-state index is 12.7. The first kappa shape index (κ1) is 18.1. The molecule has 0 unspecified atom stereocenters. The summed E-state index contributed by atoms with van der Waals surface area (Å²) < 4.78 is 0. The number of carbonyl (C=O) groups is 2. The highest BCUT2D eigenvalue weighted by molar-refractivity contribution is 5.98. The number of aromatic nitrogens is 1. The number of carbonyl (C=O) groups excluding carboxylic acids is 2. The Morgan fingerprint density at radius 1 is 1.08 bits per heavy atom. The molecule has 1 fully saturated rings. The molecule has 136 valence electrons. The summed E-state index contributed by atoms with van der Waals surface area (Å²) in [6.07, 6.45) is 5.97. The standard InChI is InChI=1S/C21H25N3O2/c1-16-7-6-8-17(13-16)15-23-20(25)19-14-18(9-10-22-19)21(26)24-11-4-2-3-5-12-24/h6-10,13-14H,2-5,11-12,15H2,1H3,(H,23,25). The number of rotatable bonds is 4. The van der Waals surface area contributed by atoms with Crippen molar-refractivity contribution >= 4 is 11.8 Å². The Kier molecular flexibility index (Phi) is 6.00. The van der Waals surface area contributed by atoms with Crippen LogP contribution < -0.4 is 5.32 Å². The molecule has 1 aliphatic heterocycles. The van der Waals surface area contributed by atoms with E-state index in [4.69, 9.17) is 0 Å². The van der Waals surface area contributed by atoms with Crippen LogP contribution in [0.3, 0.4) is 0 Å². The van der Waals surface area contributed by atoms with Gasteiger partial charge in [-0.05, 0) is 37.5 Å². The van der Waals surface area contributed by atoms with E-state index >= 15 is 0 Å². The van der Waals surface area contributed by atoms with Crippen molar-refractivity contribution in [2.24, 2.45) is 0 Å². The fraction of sp³-hybridized carbons (Fsp3) is 0.381. The Hall–Kier alpha value is -2.69. The van der Waals surface area contributed by atoms with Gasteiger partial charge in [0, 0.05) is 31.4 Å². The Bertz CT molecular complexity index is 780. The van der Waals surface area contributed by atoms with Crippen LogP contribution in [-0.4, -0.2) is 34.8 Å². The molecule has 0 radical (unpaired) electrons. The molecule has 1 N–H and O–H groups in total. The van der Waals surface area contributed by atoms with E-state index in [0.29, 0.717) is 12.1 Å². The lowest BCUT2D eigenvalue weighted by atomic mass is 10.1. The highest BCUT2D eigenvalue weighted by Crippen LogP contribution is 2.14. The predicted molar refractivity (Wildman–Crippen MR) is 101 cm³/mol. The van der Waals surface area contributed by atoms with Gasteiger partial charge in [-0.3, -0.25) is 14.6 Å². The molecule has 1 aromatic heterocycles. The van der Waals surface area contributed by atoms with E-state index in [9.17, 15) is 9.59 Å². The third-order valence-electron chi connectivity index (χ3n) is 4.67. The van der Waals surface area contributed by atoms with Gasteiger partial charge in [0.15, 0.2) is 0 Å². The molecule has 5 heteroatoms. The zero-order valence-electron chi connectivity index (χ0n) is 15.2. The number of pyridine rings is 1. The summed E-state index contributed by atoms with van der Waals surface area (Å²) in [5.41, 5.74) is 3.00. The van der Waals surface area contributed by atoms with Crippen LogP contribution in [0.5, 0.6) is 0 Å². The van der Waals surface area contributed by atoms with Crippen molar-refractivity contribution in [3.05, 3.63) is 65.0 Å². The van der Waals surface area contributed by atoms with Crippen molar-refractivity contribution in [3.63, 3.8) is 0 Å². The summed E-state index contributed by atoms with van der Waals surface area (Å²) in [7, 11) is 0. The van der Waals surface area contributed by atoms with Gasteiger partial charge in [-0.25, -0.2) is 0 Å². The van der Waals surface area contributed by atoms with Crippen LogP contribution in [0.4, 0.5) is 0 Å². The molecule has 2 aromatic rings. The summed E-state index contributed by atoms with van der Waals surface area (Å²) in [6.45, 7) is 4.03. The number of nitrogens with one attached hydrogen (secondary N) is 1. The molecular weight excluding hydrogens is 326 g/mol. The molecule has 1 saturated heterocycles. The largest absolute Gasteiger partial charge is 0.347 e. The third kappa shape index (κ3) is 4.69. The molecule has 2 heterocycles. The van der Waals surface area contributed by atoms with Gasteiger partial charge in [0.25, 0.3) is 11.8 Å². The van der Waals surface area contributed by atoms with E-state index in [1.165, 1.54) is 19.0 Å². The van der Waals surface area contributed by atoms with Gasteiger partial charge in [-0.2, -0.15) is 0 Å². The van der Waals surface area contributed by atoms with Crippen molar-refractivity contribution in [1.29, 1.82) is 0 Å². The fourth-order valence-corrected chi connectivity index (χ4v) is 3.24. The maximum Gasteiger partial charge on any atom is 0.270 e. The van der Waals surface area contributed by atoms with Gasteiger partial charge < -0.3 is 10.2 Å². The maximum atomic E-state index is 12.7. The molecule has 3 rings (SSSR count). The van der Waals surface area contributed by atoms with E-state index in [1.54, 1.807) is 12.1 Å². The van der Waals surface area contributed by atoms with Gasteiger partial charge in [-0.15, -0.1) is 0 Å². The van der Waals surface area contributed by atoms with E-state index in [0.717, 1.165) is 37.1 Å². The van der Waals surface area contributed by atoms with Crippen molar-refractivity contribution < 1.29 is 9.59 Å². The summed E-state index contributed by atoms with van der Waals surface area (Å²) in [5, 5.41) is 2.87. The van der Waals surface area contributed by atoms with Crippen molar-refractivity contribution in [1.82, 2.24) is 15.2 Å². The lowest BCUT2D eigenvalue weighted by Crippen LogP contribution is -2.32. The van der Waals surface area contributed by atoms with Crippen LogP contribution in [-0.2, 0) is 6.54 Å². The molecule has 1 aromatic carbocycles. The number of hydrogen-bond acceptors (Lipinski definition) is 3. The highest BCUT2D eigenvalue weighted by atomic mass is 16.2. The monoisotopic (exact) mass is 351 g/mol. The molecule has 0 aliphatic carbocycles. The van der Waals surface area contributed by atoms with Crippen LogP contribution in [0, 0.1) is 6.92 Å². The zero-order valence-corrected chi connectivity index (χ0v) is 15.2. The topological polar surface area (TPSA) is 62.3 Å². The second-order valence-electron chi connectivity index (χ2n) is 6.81. The molecule has 0 spiro atoms. The molecule has 0 bridgehead atoms. The Morgan fingerprint density at radius 3 is 2.58 bits per heavy atom. The molecular formula is C21H25N3O2. The lowest BCUT2D eigenvalue weighted by molar-refractivity contribution is 0.0761. The Balaban J connectivity index is 1.66. The molecule has 2 amide bonds. The smallest absolute Gasteiger partial charge is 0.270 e. The molecule has 5 nitrogen and oxygen atoms in total. The number of aryl methyl sites for hydroxylation is 1. The summed E-state index contributed by atoms with van der Waals surface area (Å²) >= 11 is 0. The molecule has 1 aliphatic rings. The average Bonchev–Trinajstić information content (AvgIpc) is 2.95. The van der Waals surface area contributed by atoms with Gasteiger partial charge in [0.1, 0.15) is 5.69 Å². The summed E-state index contributed by atoms with van der Waals surface area (Å²) in [5.74, 6) is -0.279. The number of amides is 2. The number of nitrogens with zero attached hydrogens (tertiary/aromatic N) is 2. The van der Waals surface area contributed by atoms with Gasteiger partial charge in [0.05, 0.1) is 0 Å².